The summed E-state index contributed by atoms with van der Waals surface area (Å²) in [7, 11) is 0. The SMILES string of the molecule is O=C(N[C@H](Cc1cc(Cl)ccc1Br)C(=O)O)c1cccc2ccccc12. The zero-order valence-electron chi connectivity index (χ0n) is 13.6. The zero-order valence-corrected chi connectivity index (χ0v) is 15.9. The van der Waals surface area contributed by atoms with Gasteiger partial charge in [0.15, 0.2) is 0 Å². The molecular weight excluding hydrogens is 418 g/mol. The minimum absolute atomic E-state index is 0.118. The van der Waals surface area contributed by atoms with Crippen LogP contribution in [0.25, 0.3) is 10.8 Å². The van der Waals surface area contributed by atoms with Gasteiger partial charge in [-0.25, -0.2) is 4.79 Å². The summed E-state index contributed by atoms with van der Waals surface area (Å²) in [6.07, 6.45) is 0.118. The second-order valence-corrected chi connectivity index (χ2v) is 7.12. The molecule has 132 valence electrons. The van der Waals surface area contributed by atoms with Crippen LogP contribution in [0.2, 0.25) is 5.02 Å². The van der Waals surface area contributed by atoms with Crippen molar-refractivity contribution in [1.29, 1.82) is 0 Å². The van der Waals surface area contributed by atoms with Crippen molar-refractivity contribution >= 4 is 50.2 Å². The molecule has 3 rings (SSSR count). The minimum atomic E-state index is -1.11. The van der Waals surface area contributed by atoms with Crippen molar-refractivity contribution in [1.82, 2.24) is 5.32 Å². The van der Waals surface area contributed by atoms with Gasteiger partial charge in [-0.2, -0.15) is 0 Å². The Kier molecular flexibility index (Phi) is 5.59. The quantitative estimate of drug-likeness (QED) is 0.615. The normalized spacial score (nSPS) is 11.9. The number of carboxylic acid groups (broad SMARTS) is 1. The molecule has 1 atom stereocenters. The van der Waals surface area contributed by atoms with Gasteiger partial charge in [0.2, 0.25) is 0 Å². The molecule has 0 bridgehead atoms. The summed E-state index contributed by atoms with van der Waals surface area (Å²) in [6.45, 7) is 0. The number of nitrogens with one attached hydrogen (secondary N) is 1. The minimum Gasteiger partial charge on any atom is -0.480 e. The number of hydrogen-bond acceptors (Lipinski definition) is 2. The van der Waals surface area contributed by atoms with Gasteiger partial charge in [0.1, 0.15) is 6.04 Å². The van der Waals surface area contributed by atoms with Crippen LogP contribution in [0.3, 0.4) is 0 Å². The van der Waals surface area contributed by atoms with E-state index >= 15 is 0 Å². The van der Waals surface area contributed by atoms with Crippen LogP contribution in [0.5, 0.6) is 0 Å². The van der Waals surface area contributed by atoms with Crippen molar-refractivity contribution in [2.24, 2.45) is 0 Å². The Morgan fingerprint density at radius 1 is 1.08 bits per heavy atom. The fourth-order valence-corrected chi connectivity index (χ4v) is 3.38. The molecule has 6 heteroatoms. The summed E-state index contributed by atoms with van der Waals surface area (Å²) in [5, 5.41) is 14.4. The molecule has 4 nitrogen and oxygen atoms in total. The summed E-state index contributed by atoms with van der Waals surface area (Å²) in [6, 6.07) is 16.9. The lowest BCUT2D eigenvalue weighted by atomic mass is 10.0. The third kappa shape index (κ3) is 4.06. The molecule has 0 aliphatic heterocycles. The van der Waals surface area contributed by atoms with E-state index in [1.807, 2.05) is 30.3 Å². The molecule has 1 amide bonds. The highest BCUT2D eigenvalue weighted by molar-refractivity contribution is 9.10. The average Bonchev–Trinajstić information content (AvgIpc) is 2.63. The van der Waals surface area contributed by atoms with Crippen LogP contribution in [-0.4, -0.2) is 23.0 Å². The second kappa shape index (κ2) is 7.89. The maximum absolute atomic E-state index is 12.7. The Labute approximate surface area is 163 Å². The van der Waals surface area contributed by atoms with Crippen LogP contribution >= 0.6 is 27.5 Å². The summed E-state index contributed by atoms with van der Waals surface area (Å²) in [4.78, 5) is 24.4. The monoisotopic (exact) mass is 431 g/mol. The molecule has 3 aromatic carbocycles. The Morgan fingerprint density at radius 3 is 2.58 bits per heavy atom. The van der Waals surface area contributed by atoms with Gasteiger partial charge in [-0.15, -0.1) is 0 Å². The third-order valence-corrected chi connectivity index (χ3v) is 5.08. The number of halogens is 2. The number of carbonyl (C=O) groups excluding carboxylic acids is 1. The Balaban J connectivity index is 1.87. The Morgan fingerprint density at radius 2 is 1.81 bits per heavy atom. The van der Waals surface area contributed by atoms with Crippen LogP contribution in [-0.2, 0) is 11.2 Å². The largest absolute Gasteiger partial charge is 0.480 e. The van der Waals surface area contributed by atoms with Gasteiger partial charge in [0, 0.05) is 21.5 Å². The summed E-state index contributed by atoms with van der Waals surface area (Å²) in [5.41, 5.74) is 1.16. The molecule has 0 fully saturated rings. The maximum atomic E-state index is 12.7. The summed E-state index contributed by atoms with van der Waals surface area (Å²) >= 11 is 9.38. The van der Waals surface area contributed by atoms with Crippen LogP contribution in [0.1, 0.15) is 15.9 Å². The predicted molar refractivity (Wildman–Crippen MR) is 106 cm³/mol. The number of benzene rings is 3. The van der Waals surface area contributed by atoms with Crippen molar-refractivity contribution < 1.29 is 14.7 Å². The van der Waals surface area contributed by atoms with E-state index in [0.29, 0.717) is 16.1 Å². The zero-order chi connectivity index (χ0) is 18.7. The first-order valence-electron chi connectivity index (χ1n) is 7.91. The number of hydrogen-bond donors (Lipinski definition) is 2. The third-order valence-electron chi connectivity index (χ3n) is 4.07. The maximum Gasteiger partial charge on any atom is 0.326 e. The molecule has 0 spiro atoms. The number of carbonyl (C=O) groups is 2. The average molecular weight is 433 g/mol. The van der Waals surface area contributed by atoms with Gasteiger partial charge in [0.25, 0.3) is 5.91 Å². The summed E-state index contributed by atoms with van der Waals surface area (Å²) < 4.78 is 0.743. The standard InChI is InChI=1S/C20H15BrClNO3/c21-17-9-8-14(22)10-13(17)11-18(20(25)26)23-19(24)16-7-3-5-12-4-1-2-6-15(12)16/h1-10,18H,11H2,(H,23,24)(H,25,26)/t18-/m1/s1. The highest BCUT2D eigenvalue weighted by Gasteiger charge is 2.23. The number of carboxylic acids is 1. The fourth-order valence-electron chi connectivity index (χ4n) is 2.78. The van der Waals surface area contributed by atoms with Gasteiger partial charge in [-0.3, -0.25) is 4.79 Å². The van der Waals surface area contributed by atoms with E-state index in [-0.39, 0.29) is 6.42 Å². The van der Waals surface area contributed by atoms with Gasteiger partial charge in [0.05, 0.1) is 0 Å². The molecule has 0 aromatic heterocycles. The van der Waals surface area contributed by atoms with Crippen molar-refractivity contribution in [3.8, 4) is 0 Å². The summed E-state index contributed by atoms with van der Waals surface area (Å²) in [5.74, 6) is -1.53. The molecule has 0 unspecified atom stereocenters. The smallest absolute Gasteiger partial charge is 0.326 e. The molecular formula is C20H15BrClNO3. The lowest BCUT2D eigenvalue weighted by Gasteiger charge is -2.16. The predicted octanol–water partition coefficient (Wildman–Crippen LogP) is 4.68. The van der Waals surface area contributed by atoms with Crippen LogP contribution < -0.4 is 5.32 Å². The first kappa shape index (κ1) is 18.4. The molecule has 26 heavy (non-hydrogen) atoms. The molecule has 0 saturated carbocycles. The molecule has 0 heterocycles. The topological polar surface area (TPSA) is 66.4 Å². The van der Waals surface area contributed by atoms with Crippen molar-refractivity contribution in [3.63, 3.8) is 0 Å². The molecule has 0 saturated heterocycles. The van der Waals surface area contributed by atoms with Gasteiger partial charge in [-0.05, 0) is 40.6 Å². The van der Waals surface area contributed by atoms with Crippen molar-refractivity contribution in [2.45, 2.75) is 12.5 Å². The van der Waals surface area contributed by atoms with E-state index in [0.717, 1.165) is 15.2 Å². The number of rotatable bonds is 5. The van der Waals surface area contributed by atoms with E-state index in [1.54, 1.807) is 30.3 Å². The molecule has 0 radical (unpaired) electrons. The van der Waals surface area contributed by atoms with E-state index in [2.05, 4.69) is 21.2 Å². The van der Waals surface area contributed by atoms with Gasteiger partial charge < -0.3 is 10.4 Å². The molecule has 0 aliphatic rings. The number of fused-ring (bicyclic) bond motifs is 1. The van der Waals surface area contributed by atoms with E-state index in [1.165, 1.54) is 0 Å². The van der Waals surface area contributed by atoms with Gasteiger partial charge >= 0.3 is 5.97 Å². The highest BCUT2D eigenvalue weighted by Crippen LogP contribution is 2.23. The fraction of sp³-hybridized carbons (Fsp3) is 0.100. The molecule has 3 aromatic rings. The molecule has 0 aliphatic carbocycles. The second-order valence-electron chi connectivity index (χ2n) is 5.83. The lowest BCUT2D eigenvalue weighted by Crippen LogP contribution is -2.42. The van der Waals surface area contributed by atoms with E-state index in [4.69, 9.17) is 11.6 Å². The molecule has 2 N–H and O–H groups in total. The first-order chi connectivity index (χ1) is 12.5. The van der Waals surface area contributed by atoms with Crippen molar-refractivity contribution in [3.05, 3.63) is 81.3 Å². The first-order valence-corrected chi connectivity index (χ1v) is 9.08. The van der Waals surface area contributed by atoms with E-state index in [9.17, 15) is 14.7 Å². The van der Waals surface area contributed by atoms with Gasteiger partial charge in [-0.1, -0.05) is 63.9 Å². The number of amides is 1. The van der Waals surface area contributed by atoms with E-state index < -0.39 is 17.9 Å². The van der Waals surface area contributed by atoms with Crippen LogP contribution in [0, 0.1) is 0 Å². The lowest BCUT2D eigenvalue weighted by molar-refractivity contribution is -0.139. The Bertz CT molecular complexity index is 984. The van der Waals surface area contributed by atoms with Crippen molar-refractivity contribution in [2.75, 3.05) is 0 Å². The van der Waals surface area contributed by atoms with Crippen LogP contribution in [0.4, 0.5) is 0 Å². The van der Waals surface area contributed by atoms with Crippen LogP contribution in [0.15, 0.2) is 65.1 Å². The Hall–Kier alpha value is -2.37. The highest BCUT2D eigenvalue weighted by atomic mass is 79.9. The number of aliphatic carboxylic acids is 1.